The number of nitrogens with one attached hydrogen (secondary N) is 1. The smallest absolute Gasteiger partial charge is 0.319 e. The summed E-state index contributed by atoms with van der Waals surface area (Å²) in [4.78, 5) is 21.9. The van der Waals surface area contributed by atoms with Crippen molar-refractivity contribution in [2.24, 2.45) is 7.05 Å². The topological polar surface area (TPSA) is 108 Å². The molecule has 0 aliphatic heterocycles. The van der Waals surface area contributed by atoms with Gasteiger partial charge in [0.15, 0.2) is 0 Å². The van der Waals surface area contributed by atoms with E-state index in [1.165, 1.54) is 6.92 Å². The van der Waals surface area contributed by atoms with Crippen molar-refractivity contribution >= 4 is 11.6 Å². The number of hydrogen-bond donors (Lipinski definition) is 1. The Morgan fingerprint density at radius 2 is 2.08 bits per heavy atom. The molecule has 2 aromatic rings. The maximum atomic E-state index is 12.8. The number of carbonyl (C=O) groups is 1. The van der Waals surface area contributed by atoms with Gasteiger partial charge in [-0.15, -0.1) is 0 Å². The van der Waals surface area contributed by atoms with E-state index >= 15 is 0 Å². The second kappa shape index (κ2) is 6.72. The van der Waals surface area contributed by atoms with Gasteiger partial charge in [0.25, 0.3) is 6.43 Å². The van der Waals surface area contributed by atoms with Gasteiger partial charge in [-0.2, -0.15) is 10.2 Å². The van der Waals surface area contributed by atoms with Gasteiger partial charge in [-0.25, -0.2) is 8.78 Å². The fraction of sp³-hybridized carbons (Fsp3) is 0.462. The van der Waals surface area contributed by atoms with Crippen LogP contribution in [0.3, 0.4) is 0 Å². The monoisotopic (exact) mass is 342 g/mol. The van der Waals surface area contributed by atoms with Crippen LogP contribution < -0.4 is 5.32 Å². The van der Waals surface area contributed by atoms with Crippen molar-refractivity contribution in [3.63, 3.8) is 0 Å². The highest BCUT2D eigenvalue weighted by atomic mass is 19.3. The molecule has 0 aromatic carbocycles. The second-order valence-electron chi connectivity index (χ2n) is 5.21. The van der Waals surface area contributed by atoms with Crippen molar-refractivity contribution in [1.29, 1.82) is 0 Å². The molecule has 0 unspecified atom stereocenters. The van der Waals surface area contributed by atoms with Crippen molar-refractivity contribution in [2.75, 3.05) is 0 Å². The predicted molar refractivity (Wildman–Crippen MR) is 78.4 cm³/mol. The normalized spacial score (nSPS) is 11.1. The van der Waals surface area contributed by atoms with Crippen LogP contribution in [0.5, 0.6) is 0 Å². The van der Waals surface area contributed by atoms with Crippen molar-refractivity contribution in [3.05, 3.63) is 39.0 Å². The minimum Gasteiger partial charge on any atom is -0.349 e. The molecule has 2 rings (SSSR count). The standard InChI is InChI=1S/C13H16F2N6O3/c1-7-4-9(19(3)17-7)5-16-10(22)6-20-8(2)12(21(23)24)11(18-20)13(14)15/h4,13H,5-6H2,1-3H3,(H,16,22). The molecule has 11 heteroatoms. The molecule has 130 valence electrons. The largest absolute Gasteiger partial charge is 0.349 e. The molecule has 2 aromatic heterocycles. The van der Waals surface area contributed by atoms with Crippen molar-refractivity contribution < 1.29 is 18.5 Å². The first-order valence-electron chi connectivity index (χ1n) is 6.96. The third-order valence-corrected chi connectivity index (χ3v) is 3.45. The van der Waals surface area contributed by atoms with Crippen LogP contribution in [0, 0.1) is 24.0 Å². The zero-order valence-corrected chi connectivity index (χ0v) is 13.3. The van der Waals surface area contributed by atoms with Gasteiger partial charge in [-0.1, -0.05) is 0 Å². The number of rotatable bonds is 6. The summed E-state index contributed by atoms with van der Waals surface area (Å²) < 4.78 is 28.2. The van der Waals surface area contributed by atoms with Crippen molar-refractivity contribution in [3.8, 4) is 0 Å². The molecule has 9 nitrogen and oxygen atoms in total. The average Bonchev–Trinajstić information content (AvgIpc) is 2.97. The van der Waals surface area contributed by atoms with Crippen LogP contribution in [0.4, 0.5) is 14.5 Å². The van der Waals surface area contributed by atoms with Crippen LogP contribution >= 0.6 is 0 Å². The van der Waals surface area contributed by atoms with E-state index in [-0.39, 0.29) is 12.2 Å². The van der Waals surface area contributed by atoms with E-state index in [0.717, 1.165) is 16.1 Å². The number of amides is 1. The van der Waals surface area contributed by atoms with Gasteiger partial charge in [0.2, 0.25) is 11.6 Å². The van der Waals surface area contributed by atoms with E-state index in [2.05, 4.69) is 15.5 Å². The minimum atomic E-state index is -3.09. The predicted octanol–water partition coefficient (Wildman–Crippen LogP) is 1.40. The lowest BCUT2D eigenvalue weighted by atomic mass is 10.3. The molecular weight excluding hydrogens is 326 g/mol. The first-order valence-corrected chi connectivity index (χ1v) is 6.96. The molecule has 1 amide bonds. The van der Waals surface area contributed by atoms with Crippen LogP contribution in [0.25, 0.3) is 0 Å². The molecule has 2 heterocycles. The maximum absolute atomic E-state index is 12.8. The summed E-state index contributed by atoms with van der Waals surface area (Å²) in [7, 11) is 1.73. The Labute approximate surface area is 135 Å². The number of carbonyl (C=O) groups excluding carboxylic acids is 1. The molecule has 0 atom stereocenters. The lowest BCUT2D eigenvalue weighted by Gasteiger charge is -2.06. The zero-order valence-electron chi connectivity index (χ0n) is 13.3. The fourth-order valence-corrected chi connectivity index (χ4v) is 2.30. The van der Waals surface area contributed by atoms with E-state index < -0.39 is 35.2 Å². The van der Waals surface area contributed by atoms with E-state index in [1.54, 1.807) is 17.8 Å². The first-order chi connectivity index (χ1) is 11.2. The molecule has 0 bridgehead atoms. The Hall–Kier alpha value is -2.85. The van der Waals surface area contributed by atoms with Crippen LogP contribution in [0.1, 0.15) is 29.2 Å². The first kappa shape index (κ1) is 17.5. The zero-order chi connectivity index (χ0) is 18.0. The molecular formula is C13H16F2N6O3. The summed E-state index contributed by atoms with van der Waals surface area (Å²) in [6, 6.07) is 1.79. The number of nitrogens with zero attached hydrogens (tertiary/aromatic N) is 5. The molecule has 0 radical (unpaired) electrons. The molecule has 24 heavy (non-hydrogen) atoms. The summed E-state index contributed by atoms with van der Waals surface area (Å²) in [6.45, 7) is 2.88. The van der Waals surface area contributed by atoms with E-state index in [9.17, 15) is 23.7 Å². The molecule has 0 saturated carbocycles. The SMILES string of the molecule is Cc1cc(CNC(=O)Cn2nc(C(F)F)c([N+](=O)[O-])c2C)n(C)n1. The molecule has 0 saturated heterocycles. The third kappa shape index (κ3) is 3.55. The van der Waals surface area contributed by atoms with Gasteiger partial charge in [-0.3, -0.25) is 24.3 Å². The van der Waals surface area contributed by atoms with Gasteiger partial charge < -0.3 is 5.32 Å². The second-order valence-corrected chi connectivity index (χ2v) is 5.21. The summed E-state index contributed by atoms with van der Waals surface area (Å²) >= 11 is 0. The Balaban J connectivity index is 2.10. The van der Waals surface area contributed by atoms with Crippen LogP contribution in [0.2, 0.25) is 0 Å². The summed E-state index contributed by atoms with van der Waals surface area (Å²) in [5.74, 6) is -0.504. The molecule has 0 fully saturated rings. The third-order valence-electron chi connectivity index (χ3n) is 3.45. The van der Waals surface area contributed by atoms with Crippen molar-refractivity contribution in [2.45, 2.75) is 33.4 Å². The summed E-state index contributed by atoms with van der Waals surface area (Å²) in [5.41, 5.74) is -0.242. The molecule has 0 aliphatic rings. The van der Waals surface area contributed by atoms with Crippen molar-refractivity contribution in [1.82, 2.24) is 24.9 Å². The molecule has 0 spiro atoms. The Morgan fingerprint density at radius 3 is 2.54 bits per heavy atom. The Kier molecular flexibility index (Phi) is 4.90. The fourth-order valence-electron chi connectivity index (χ4n) is 2.30. The quantitative estimate of drug-likeness (QED) is 0.630. The number of alkyl halides is 2. The van der Waals surface area contributed by atoms with E-state index in [4.69, 9.17) is 0 Å². The average molecular weight is 342 g/mol. The number of hydrogen-bond acceptors (Lipinski definition) is 5. The number of nitro groups is 1. The highest BCUT2D eigenvalue weighted by Gasteiger charge is 2.31. The van der Waals surface area contributed by atoms with Gasteiger partial charge in [-0.05, 0) is 19.9 Å². The summed E-state index contributed by atoms with van der Waals surface area (Å²) in [5, 5.41) is 21.1. The van der Waals surface area contributed by atoms with Crippen LogP contribution in [-0.4, -0.2) is 30.4 Å². The lowest BCUT2D eigenvalue weighted by Crippen LogP contribution is -2.28. The van der Waals surface area contributed by atoms with Gasteiger partial charge in [0.1, 0.15) is 12.2 Å². The van der Waals surface area contributed by atoms with E-state index in [0.29, 0.717) is 0 Å². The summed E-state index contributed by atoms with van der Waals surface area (Å²) in [6.07, 6.45) is -3.09. The highest BCUT2D eigenvalue weighted by molar-refractivity contribution is 5.75. The minimum absolute atomic E-state index is 0.0955. The van der Waals surface area contributed by atoms with Crippen LogP contribution in [0.15, 0.2) is 6.07 Å². The Bertz CT molecular complexity index is 783. The highest BCUT2D eigenvalue weighted by Crippen LogP contribution is 2.30. The van der Waals surface area contributed by atoms with Gasteiger partial charge >= 0.3 is 5.69 Å². The van der Waals surface area contributed by atoms with E-state index in [1.807, 2.05) is 6.92 Å². The Morgan fingerprint density at radius 1 is 1.42 bits per heavy atom. The van der Waals surface area contributed by atoms with Gasteiger partial charge in [0.05, 0.1) is 22.9 Å². The number of halogens is 2. The van der Waals surface area contributed by atoms with Gasteiger partial charge in [0, 0.05) is 7.05 Å². The molecule has 1 N–H and O–H groups in total. The lowest BCUT2D eigenvalue weighted by molar-refractivity contribution is -0.386. The maximum Gasteiger partial charge on any atom is 0.319 e. The number of aromatic nitrogens is 4. The molecule has 0 aliphatic carbocycles. The van der Waals surface area contributed by atoms with Crippen LogP contribution in [-0.2, 0) is 24.9 Å². The number of aryl methyl sites for hydroxylation is 2.